The number of aromatic nitrogens is 1. The number of nitrogens with zero attached hydrogens (tertiary/aromatic N) is 2. The number of pyridine rings is 1. The monoisotopic (exact) mass is 392 g/mol. The lowest BCUT2D eigenvalue weighted by molar-refractivity contribution is 0.147. The average molecular weight is 393 g/mol. The fourth-order valence-corrected chi connectivity index (χ4v) is 4.91. The highest BCUT2D eigenvalue weighted by atomic mass is 15.1. The molecule has 1 aliphatic carbocycles. The summed E-state index contributed by atoms with van der Waals surface area (Å²) in [5.74, 6) is 1.86. The van der Waals surface area contributed by atoms with Crippen LogP contribution in [-0.2, 0) is 6.42 Å². The van der Waals surface area contributed by atoms with Gasteiger partial charge < -0.3 is 16.0 Å². The Labute approximate surface area is 176 Å². The van der Waals surface area contributed by atoms with Gasteiger partial charge >= 0.3 is 0 Å². The van der Waals surface area contributed by atoms with Gasteiger partial charge in [-0.15, -0.1) is 0 Å². The average Bonchev–Trinajstić information content (AvgIpc) is 2.74. The van der Waals surface area contributed by atoms with Gasteiger partial charge in [0.1, 0.15) is 0 Å². The van der Waals surface area contributed by atoms with Crippen molar-refractivity contribution in [2.75, 3.05) is 18.8 Å². The van der Waals surface area contributed by atoms with Gasteiger partial charge in [0.05, 0.1) is 17.6 Å². The molecular weight excluding hydrogens is 356 g/mol. The maximum Gasteiger partial charge on any atom is 0.0706 e. The molecule has 1 aliphatic heterocycles. The molecule has 0 bridgehead atoms. The molecule has 3 rings (SSSR count). The minimum Gasteiger partial charge on any atom is -0.397 e. The molecule has 0 amide bonds. The van der Waals surface area contributed by atoms with Gasteiger partial charge in [0.2, 0.25) is 0 Å². The molecule has 1 aromatic heterocycles. The van der Waals surface area contributed by atoms with E-state index in [0.29, 0.717) is 11.4 Å². The number of allylic oxidation sites excluding steroid dienone is 4. The van der Waals surface area contributed by atoms with Gasteiger partial charge in [-0.3, -0.25) is 4.98 Å². The molecule has 4 heteroatoms. The van der Waals surface area contributed by atoms with E-state index < -0.39 is 0 Å². The van der Waals surface area contributed by atoms with E-state index in [-0.39, 0.29) is 0 Å². The van der Waals surface area contributed by atoms with Crippen LogP contribution in [0.25, 0.3) is 5.57 Å². The lowest BCUT2D eigenvalue weighted by atomic mass is 9.76. The molecule has 1 saturated heterocycles. The smallest absolute Gasteiger partial charge is 0.0706 e. The molecule has 0 aromatic carbocycles. The highest BCUT2D eigenvalue weighted by Crippen LogP contribution is 2.36. The normalized spacial score (nSPS) is 19.2. The van der Waals surface area contributed by atoms with Crippen LogP contribution in [0.1, 0.15) is 63.1 Å². The summed E-state index contributed by atoms with van der Waals surface area (Å²) in [7, 11) is 0. The van der Waals surface area contributed by atoms with Gasteiger partial charge in [-0.2, -0.15) is 0 Å². The van der Waals surface area contributed by atoms with Gasteiger partial charge in [-0.25, -0.2) is 0 Å². The van der Waals surface area contributed by atoms with E-state index in [1.165, 1.54) is 44.9 Å². The first kappa shape index (κ1) is 21.4. The predicted molar refractivity (Wildman–Crippen MR) is 124 cm³/mol. The summed E-state index contributed by atoms with van der Waals surface area (Å²) in [6.07, 6.45) is 15.7. The second kappa shape index (κ2) is 9.91. The van der Waals surface area contributed by atoms with E-state index in [1.807, 2.05) is 6.07 Å². The standard InChI is InChI=1S/C25H36N4/c1-4-20(14-18(2)26)25-16-23(24(27)17-28-25)15-19(3)29-12-10-22(11-13-29)21-8-6-5-7-9-21/h4,14,16-17,21-22,26H,1,3,5-13,15,27H2,2H3. The lowest BCUT2D eigenvalue weighted by Crippen LogP contribution is -2.36. The van der Waals surface area contributed by atoms with Crippen LogP contribution in [0.2, 0.25) is 0 Å². The molecule has 0 spiro atoms. The quantitative estimate of drug-likeness (QED) is 0.467. The Morgan fingerprint density at radius 3 is 2.48 bits per heavy atom. The third kappa shape index (κ3) is 5.59. The van der Waals surface area contributed by atoms with Gasteiger partial charge in [-0.1, -0.05) is 51.3 Å². The van der Waals surface area contributed by atoms with Gasteiger partial charge in [0.25, 0.3) is 0 Å². The molecule has 4 nitrogen and oxygen atoms in total. The molecular formula is C25H36N4. The highest BCUT2D eigenvalue weighted by molar-refractivity contribution is 5.98. The SMILES string of the molecule is C=CC(=CC(C)=N)c1cc(CC(=C)N2CCC(C3CCCCC3)CC2)c(N)cn1. The first-order chi connectivity index (χ1) is 14.0. The zero-order valence-corrected chi connectivity index (χ0v) is 17.9. The van der Waals surface area contributed by atoms with Crippen molar-refractivity contribution in [1.82, 2.24) is 9.88 Å². The summed E-state index contributed by atoms with van der Waals surface area (Å²) in [6.45, 7) is 12.2. The fourth-order valence-electron chi connectivity index (χ4n) is 4.91. The summed E-state index contributed by atoms with van der Waals surface area (Å²) >= 11 is 0. The van der Waals surface area contributed by atoms with Crippen molar-refractivity contribution in [2.24, 2.45) is 11.8 Å². The molecule has 2 heterocycles. The summed E-state index contributed by atoms with van der Waals surface area (Å²) in [6, 6.07) is 2.02. The Kier molecular flexibility index (Phi) is 7.29. The van der Waals surface area contributed by atoms with Crippen LogP contribution in [0.3, 0.4) is 0 Å². The van der Waals surface area contributed by atoms with E-state index in [9.17, 15) is 0 Å². The molecule has 1 aromatic rings. The van der Waals surface area contributed by atoms with E-state index in [1.54, 1.807) is 25.3 Å². The van der Waals surface area contributed by atoms with Crippen molar-refractivity contribution >= 4 is 17.0 Å². The topological polar surface area (TPSA) is 66.0 Å². The summed E-state index contributed by atoms with van der Waals surface area (Å²) in [5.41, 5.74) is 11.2. The maximum absolute atomic E-state index is 7.71. The van der Waals surface area contributed by atoms with Gasteiger partial charge in [0, 0.05) is 36.5 Å². The molecule has 2 fully saturated rings. The van der Waals surface area contributed by atoms with Crippen LogP contribution in [-0.4, -0.2) is 28.7 Å². The minimum atomic E-state index is 0.477. The number of piperidine rings is 1. The third-order valence-electron chi connectivity index (χ3n) is 6.61. The van der Waals surface area contributed by atoms with Crippen molar-refractivity contribution in [3.05, 3.63) is 54.5 Å². The van der Waals surface area contributed by atoms with Crippen LogP contribution in [0.15, 0.2) is 43.3 Å². The summed E-state index contributed by atoms with van der Waals surface area (Å²) in [4.78, 5) is 6.89. The zero-order valence-electron chi connectivity index (χ0n) is 17.9. The number of anilines is 1. The van der Waals surface area contributed by atoms with Crippen LogP contribution < -0.4 is 5.73 Å². The number of nitrogen functional groups attached to an aromatic ring is 1. The highest BCUT2D eigenvalue weighted by Gasteiger charge is 2.28. The lowest BCUT2D eigenvalue weighted by Gasteiger charge is -2.39. The van der Waals surface area contributed by atoms with Crippen LogP contribution in [0.5, 0.6) is 0 Å². The number of hydrogen-bond acceptors (Lipinski definition) is 4. The van der Waals surface area contributed by atoms with Crippen molar-refractivity contribution in [3.8, 4) is 0 Å². The predicted octanol–water partition coefficient (Wildman–Crippen LogP) is 5.62. The molecule has 156 valence electrons. The fraction of sp³-hybridized carbons (Fsp3) is 0.520. The summed E-state index contributed by atoms with van der Waals surface area (Å²) < 4.78 is 0. The number of likely N-dealkylation sites (tertiary alicyclic amines) is 1. The largest absolute Gasteiger partial charge is 0.397 e. The first-order valence-corrected chi connectivity index (χ1v) is 11.0. The molecule has 3 N–H and O–H groups in total. The second-order valence-corrected chi connectivity index (χ2v) is 8.72. The molecule has 2 aliphatic rings. The number of hydrogen-bond donors (Lipinski definition) is 2. The van der Waals surface area contributed by atoms with Gasteiger partial charge in [-0.05, 0) is 49.3 Å². The van der Waals surface area contributed by atoms with E-state index in [0.717, 1.165) is 53.9 Å². The van der Waals surface area contributed by atoms with E-state index in [4.69, 9.17) is 11.1 Å². The Hall–Kier alpha value is -2.36. The minimum absolute atomic E-state index is 0.477. The molecule has 0 radical (unpaired) electrons. The van der Waals surface area contributed by atoms with Crippen molar-refractivity contribution in [1.29, 1.82) is 5.41 Å². The van der Waals surface area contributed by atoms with E-state index >= 15 is 0 Å². The Balaban J connectivity index is 1.62. The first-order valence-electron chi connectivity index (χ1n) is 11.0. The van der Waals surface area contributed by atoms with Crippen LogP contribution in [0.4, 0.5) is 5.69 Å². The number of rotatable bonds is 7. The van der Waals surface area contributed by atoms with Crippen LogP contribution in [0, 0.1) is 17.2 Å². The van der Waals surface area contributed by atoms with Crippen molar-refractivity contribution in [2.45, 2.75) is 58.3 Å². The molecule has 1 saturated carbocycles. The van der Waals surface area contributed by atoms with Crippen molar-refractivity contribution in [3.63, 3.8) is 0 Å². The Morgan fingerprint density at radius 1 is 1.21 bits per heavy atom. The van der Waals surface area contributed by atoms with E-state index in [2.05, 4.69) is 23.0 Å². The Bertz CT molecular complexity index is 778. The maximum atomic E-state index is 7.71. The molecule has 0 unspecified atom stereocenters. The van der Waals surface area contributed by atoms with Gasteiger partial charge in [0.15, 0.2) is 0 Å². The molecule has 0 atom stereocenters. The van der Waals surface area contributed by atoms with Crippen LogP contribution >= 0.6 is 0 Å². The third-order valence-corrected chi connectivity index (χ3v) is 6.61. The molecule has 29 heavy (non-hydrogen) atoms. The number of nitrogens with two attached hydrogens (primary N) is 1. The summed E-state index contributed by atoms with van der Waals surface area (Å²) in [5, 5.41) is 7.71. The second-order valence-electron chi connectivity index (χ2n) is 8.72. The Morgan fingerprint density at radius 2 is 1.86 bits per heavy atom. The zero-order chi connectivity index (χ0) is 20.8. The number of nitrogens with one attached hydrogen (secondary N) is 1. The van der Waals surface area contributed by atoms with Crippen molar-refractivity contribution < 1.29 is 0 Å².